The summed E-state index contributed by atoms with van der Waals surface area (Å²) in [6.07, 6.45) is 8.42. The molecule has 6 rings (SSSR count). The first-order valence-corrected chi connectivity index (χ1v) is 11.2. The van der Waals surface area contributed by atoms with Crippen LogP contribution in [0, 0.1) is 0 Å². The van der Waals surface area contributed by atoms with Crippen molar-refractivity contribution in [2.45, 2.75) is 6.42 Å². The molecule has 1 aromatic heterocycles. The van der Waals surface area contributed by atoms with Gasteiger partial charge in [-0.25, -0.2) is 0 Å². The van der Waals surface area contributed by atoms with E-state index in [4.69, 9.17) is 0 Å². The van der Waals surface area contributed by atoms with Gasteiger partial charge in [0, 0.05) is 41.4 Å². The largest absolute Gasteiger partial charge is 0.368 e. The van der Waals surface area contributed by atoms with Gasteiger partial charge in [-0.2, -0.15) is 0 Å². The van der Waals surface area contributed by atoms with Gasteiger partial charge < -0.3 is 10.6 Å². The Kier molecular flexibility index (Phi) is 4.92. The Morgan fingerprint density at radius 2 is 1.55 bits per heavy atom. The Bertz CT molecular complexity index is 1350. The summed E-state index contributed by atoms with van der Waals surface area (Å²) in [5.41, 5.74) is 10.5. The molecule has 1 aliphatic carbocycles. The van der Waals surface area contributed by atoms with Crippen LogP contribution in [0.4, 0.5) is 11.4 Å². The van der Waals surface area contributed by atoms with Gasteiger partial charge in [0.25, 0.3) is 0 Å². The highest BCUT2D eigenvalue weighted by molar-refractivity contribution is 6.01. The highest BCUT2D eigenvalue weighted by Crippen LogP contribution is 2.33. The molecule has 1 aliphatic heterocycles. The number of hydrogen-bond donors (Lipinski definition) is 2. The summed E-state index contributed by atoms with van der Waals surface area (Å²) in [7, 11) is 0. The average molecular weight is 430 g/mol. The van der Waals surface area contributed by atoms with E-state index in [1.807, 2.05) is 0 Å². The van der Waals surface area contributed by atoms with Crippen LogP contribution in [0.15, 0.2) is 90.3 Å². The average Bonchev–Trinajstić information content (AvgIpc) is 3.55. The molecular weight excluding hydrogens is 406 g/mol. The molecular formula is C28H23N5. The molecule has 5 nitrogen and oxygen atoms in total. The Morgan fingerprint density at radius 3 is 2.24 bits per heavy atom. The summed E-state index contributed by atoms with van der Waals surface area (Å²) in [4.78, 5) is 13.0. The third kappa shape index (κ3) is 4.01. The summed E-state index contributed by atoms with van der Waals surface area (Å²) in [5.74, 6) is 1.02. The van der Waals surface area contributed by atoms with Crippen LogP contribution in [-0.4, -0.2) is 28.9 Å². The maximum atomic E-state index is 4.55. The van der Waals surface area contributed by atoms with E-state index in [2.05, 4.69) is 98.4 Å². The van der Waals surface area contributed by atoms with E-state index in [-0.39, 0.29) is 0 Å². The Morgan fingerprint density at radius 1 is 0.788 bits per heavy atom. The number of amidine groups is 1. The summed E-state index contributed by atoms with van der Waals surface area (Å²) >= 11 is 0. The lowest BCUT2D eigenvalue weighted by molar-refractivity contribution is 0.960. The van der Waals surface area contributed by atoms with Gasteiger partial charge in [-0.15, -0.1) is 0 Å². The second-order valence-corrected chi connectivity index (χ2v) is 8.29. The first-order valence-electron chi connectivity index (χ1n) is 11.2. The summed E-state index contributed by atoms with van der Waals surface area (Å²) in [6, 6.07) is 23.6. The Balaban J connectivity index is 1.14. The fourth-order valence-corrected chi connectivity index (χ4v) is 4.37. The number of nitrogens with zero attached hydrogens (tertiary/aromatic N) is 3. The SMILES string of the molecule is C1=C(c2ccc(Nc3ccc(-c4cnccn4)cc3)cc2)Cc2cc(C3=NCCN3)ccc21. The molecule has 0 bridgehead atoms. The molecule has 0 unspecified atom stereocenters. The summed E-state index contributed by atoms with van der Waals surface area (Å²) < 4.78 is 0. The third-order valence-electron chi connectivity index (χ3n) is 6.09. The normalized spacial score (nSPS) is 14.3. The molecule has 0 saturated carbocycles. The molecule has 2 aliphatic rings. The van der Waals surface area contributed by atoms with Gasteiger partial charge in [-0.3, -0.25) is 15.0 Å². The molecule has 160 valence electrons. The number of anilines is 2. The van der Waals surface area contributed by atoms with E-state index >= 15 is 0 Å². The number of benzene rings is 3. The maximum absolute atomic E-state index is 4.55. The van der Waals surface area contributed by atoms with Crippen molar-refractivity contribution >= 4 is 28.9 Å². The van der Waals surface area contributed by atoms with Gasteiger partial charge in [0.2, 0.25) is 0 Å². The van der Waals surface area contributed by atoms with Crippen molar-refractivity contribution in [3.8, 4) is 11.3 Å². The summed E-state index contributed by atoms with van der Waals surface area (Å²) in [6.45, 7) is 1.80. The van der Waals surface area contributed by atoms with Gasteiger partial charge >= 0.3 is 0 Å². The van der Waals surface area contributed by atoms with E-state index in [1.165, 1.54) is 27.8 Å². The summed E-state index contributed by atoms with van der Waals surface area (Å²) in [5, 5.41) is 6.85. The van der Waals surface area contributed by atoms with Crippen LogP contribution in [0.1, 0.15) is 22.3 Å². The monoisotopic (exact) mass is 429 g/mol. The number of fused-ring (bicyclic) bond motifs is 1. The van der Waals surface area contributed by atoms with Crippen molar-refractivity contribution in [1.82, 2.24) is 15.3 Å². The highest BCUT2D eigenvalue weighted by Gasteiger charge is 2.17. The molecule has 3 aromatic carbocycles. The Hall–Kier alpha value is -4.25. The highest BCUT2D eigenvalue weighted by atomic mass is 15.1. The first kappa shape index (κ1) is 19.4. The maximum Gasteiger partial charge on any atom is 0.128 e. The van der Waals surface area contributed by atoms with Crippen molar-refractivity contribution in [3.05, 3.63) is 108 Å². The van der Waals surface area contributed by atoms with Crippen molar-refractivity contribution < 1.29 is 0 Å². The molecule has 0 atom stereocenters. The third-order valence-corrected chi connectivity index (χ3v) is 6.09. The molecule has 2 N–H and O–H groups in total. The van der Waals surface area contributed by atoms with Gasteiger partial charge in [0.05, 0.1) is 18.4 Å². The number of nitrogens with one attached hydrogen (secondary N) is 2. The molecule has 0 spiro atoms. The Labute approximate surface area is 193 Å². The molecule has 2 heterocycles. The smallest absolute Gasteiger partial charge is 0.128 e. The lowest BCUT2D eigenvalue weighted by Gasteiger charge is -2.09. The molecule has 5 heteroatoms. The molecule has 0 saturated heterocycles. The van der Waals surface area contributed by atoms with E-state index < -0.39 is 0 Å². The molecule has 0 fully saturated rings. The van der Waals surface area contributed by atoms with E-state index in [0.717, 1.165) is 48.0 Å². The lowest BCUT2D eigenvalue weighted by Crippen LogP contribution is -2.19. The van der Waals surface area contributed by atoms with Crippen molar-refractivity contribution in [2.24, 2.45) is 4.99 Å². The van der Waals surface area contributed by atoms with Crippen LogP contribution in [0.2, 0.25) is 0 Å². The number of aliphatic imine (C=N–C) groups is 1. The van der Waals surface area contributed by atoms with Crippen LogP contribution >= 0.6 is 0 Å². The zero-order chi connectivity index (χ0) is 22.0. The van der Waals surface area contributed by atoms with Gasteiger partial charge in [-0.1, -0.05) is 42.5 Å². The number of allylic oxidation sites excluding steroid dienone is 1. The van der Waals surface area contributed by atoms with Crippen LogP contribution in [0.25, 0.3) is 22.9 Å². The predicted molar refractivity (Wildman–Crippen MR) is 135 cm³/mol. The number of hydrogen-bond acceptors (Lipinski definition) is 5. The molecule has 33 heavy (non-hydrogen) atoms. The first-order chi connectivity index (χ1) is 16.3. The minimum atomic E-state index is 0.863. The quantitative estimate of drug-likeness (QED) is 0.450. The van der Waals surface area contributed by atoms with E-state index in [1.54, 1.807) is 18.6 Å². The van der Waals surface area contributed by atoms with Gasteiger partial charge in [-0.05, 0) is 59.0 Å². The zero-order valence-electron chi connectivity index (χ0n) is 18.1. The molecule has 4 aromatic rings. The predicted octanol–water partition coefficient (Wildman–Crippen LogP) is 5.33. The van der Waals surface area contributed by atoms with Crippen LogP contribution < -0.4 is 10.6 Å². The van der Waals surface area contributed by atoms with E-state index in [0.29, 0.717) is 0 Å². The zero-order valence-corrected chi connectivity index (χ0v) is 18.1. The fourth-order valence-electron chi connectivity index (χ4n) is 4.37. The fraction of sp³-hybridized carbons (Fsp3) is 0.107. The lowest BCUT2D eigenvalue weighted by atomic mass is 10.0. The van der Waals surface area contributed by atoms with Crippen molar-refractivity contribution in [1.29, 1.82) is 0 Å². The number of aromatic nitrogens is 2. The molecule has 0 radical (unpaired) electrons. The van der Waals surface area contributed by atoms with Gasteiger partial charge in [0.1, 0.15) is 5.84 Å². The van der Waals surface area contributed by atoms with Crippen LogP contribution in [0.5, 0.6) is 0 Å². The standard InChI is InChI=1S/C28H23N5/c1-2-22(28-31-13-14-32-28)16-24-17-23(15-21(1)24)19-3-7-25(8-4-19)33-26-9-5-20(6-10-26)27-18-29-11-12-30-27/h1-12,15-16,18,33H,13-14,17H2,(H,31,32). The minimum absolute atomic E-state index is 0.863. The second-order valence-electron chi connectivity index (χ2n) is 8.29. The van der Waals surface area contributed by atoms with E-state index in [9.17, 15) is 0 Å². The van der Waals surface area contributed by atoms with Crippen molar-refractivity contribution in [2.75, 3.05) is 18.4 Å². The van der Waals surface area contributed by atoms with Crippen LogP contribution in [0.3, 0.4) is 0 Å². The van der Waals surface area contributed by atoms with Crippen molar-refractivity contribution in [3.63, 3.8) is 0 Å². The topological polar surface area (TPSA) is 62.2 Å². The number of rotatable bonds is 5. The second kappa shape index (κ2) is 8.36. The van der Waals surface area contributed by atoms with Crippen LogP contribution in [-0.2, 0) is 6.42 Å². The minimum Gasteiger partial charge on any atom is -0.368 e. The van der Waals surface area contributed by atoms with Gasteiger partial charge in [0.15, 0.2) is 0 Å². The molecule has 0 amide bonds.